The third-order valence-electron chi connectivity index (χ3n) is 4.56. The lowest BCUT2D eigenvalue weighted by Gasteiger charge is -2.27. The molecule has 0 aromatic carbocycles. The zero-order valence-corrected chi connectivity index (χ0v) is 15.0. The van der Waals surface area contributed by atoms with E-state index in [1.54, 1.807) is 0 Å². The lowest BCUT2D eigenvalue weighted by Crippen LogP contribution is -2.32. The standard InChI is InChI=1S/C11H16N6O3.C5H9FO/c12-9(18)6-1-3-7(4-2-6)15-10-8(17(19)20)5-14-11(13)16-10;6-5-2-1-3-7-4-5/h5-7H,1-4H2,(H2,12,18)(H3,13,14,15,16);5H,1-4H2. The van der Waals surface area contributed by atoms with Gasteiger partial charge in [0.25, 0.3) is 0 Å². The summed E-state index contributed by atoms with van der Waals surface area (Å²) in [5, 5.41) is 13.9. The predicted molar refractivity (Wildman–Crippen MR) is 96.6 cm³/mol. The number of hydrogen-bond acceptors (Lipinski definition) is 8. The van der Waals surface area contributed by atoms with E-state index in [-0.39, 0.29) is 35.3 Å². The van der Waals surface area contributed by atoms with Crippen LogP contribution < -0.4 is 16.8 Å². The summed E-state index contributed by atoms with van der Waals surface area (Å²) >= 11 is 0. The van der Waals surface area contributed by atoms with Crippen LogP contribution in [-0.4, -0.2) is 46.2 Å². The van der Waals surface area contributed by atoms with Crippen LogP contribution in [0.4, 0.5) is 21.8 Å². The average molecular weight is 384 g/mol. The van der Waals surface area contributed by atoms with E-state index < -0.39 is 11.1 Å². The first-order chi connectivity index (χ1) is 12.9. The fourth-order valence-electron chi connectivity index (χ4n) is 3.05. The van der Waals surface area contributed by atoms with Crippen molar-refractivity contribution in [1.82, 2.24) is 9.97 Å². The van der Waals surface area contributed by atoms with Crippen LogP contribution in [0, 0.1) is 16.0 Å². The SMILES string of the molecule is FC1CCCOC1.NC(=O)C1CCC(Nc2nc(N)ncc2[N+](=O)[O-])CC1. The second-order valence-electron chi connectivity index (χ2n) is 6.63. The molecule has 2 aliphatic rings. The lowest BCUT2D eigenvalue weighted by atomic mass is 9.85. The number of primary amides is 1. The number of amides is 1. The van der Waals surface area contributed by atoms with Crippen LogP contribution in [0.5, 0.6) is 0 Å². The van der Waals surface area contributed by atoms with Crippen LogP contribution in [0.15, 0.2) is 6.20 Å². The molecule has 1 aromatic rings. The number of nitro groups is 1. The van der Waals surface area contributed by atoms with E-state index in [0.717, 1.165) is 19.2 Å². The van der Waals surface area contributed by atoms with Crippen LogP contribution in [0.1, 0.15) is 38.5 Å². The molecular weight excluding hydrogens is 359 g/mol. The first-order valence-electron chi connectivity index (χ1n) is 8.91. The molecule has 2 fully saturated rings. The Morgan fingerprint density at radius 2 is 2.04 bits per heavy atom. The number of anilines is 2. The van der Waals surface area contributed by atoms with Gasteiger partial charge in [0.2, 0.25) is 17.7 Å². The lowest BCUT2D eigenvalue weighted by molar-refractivity contribution is -0.384. The molecule has 0 spiro atoms. The summed E-state index contributed by atoms with van der Waals surface area (Å²) in [5.74, 6) is -0.312. The molecule has 1 aromatic heterocycles. The summed E-state index contributed by atoms with van der Waals surface area (Å²) in [6.45, 7) is 1.07. The molecular formula is C16H25FN6O4. The van der Waals surface area contributed by atoms with E-state index in [4.69, 9.17) is 16.2 Å². The van der Waals surface area contributed by atoms with Crippen molar-refractivity contribution in [2.24, 2.45) is 11.7 Å². The van der Waals surface area contributed by atoms with Crippen LogP contribution in [0.25, 0.3) is 0 Å². The van der Waals surface area contributed by atoms with Gasteiger partial charge in [0.1, 0.15) is 12.4 Å². The van der Waals surface area contributed by atoms with E-state index in [9.17, 15) is 19.3 Å². The van der Waals surface area contributed by atoms with Crippen molar-refractivity contribution in [3.63, 3.8) is 0 Å². The Labute approximate surface area is 156 Å². The van der Waals surface area contributed by atoms with Crippen molar-refractivity contribution in [3.8, 4) is 0 Å². The van der Waals surface area contributed by atoms with Gasteiger partial charge in [0, 0.05) is 18.6 Å². The van der Waals surface area contributed by atoms with Gasteiger partial charge < -0.3 is 21.5 Å². The number of rotatable bonds is 4. The average Bonchev–Trinajstić information content (AvgIpc) is 2.63. The third-order valence-corrected chi connectivity index (χ3v) is 4.56. The number of nitrogens with zero attached hydrogens (tertiary/aromatic N) is 3. The van der Waals surface area contributed by atoms with Crippen molar-refractivity contribution in [3.05, 3.63) is 16.3 Å². The molecule has 27 heavy (non-hydrogen) atoms. The maximum Gasteiger partial charge on any atom is 0.329 e. The van der Waals surface area contributed by atoms with Crippen molar-refractivity contribution < 1.29 is 18.8 Å². The Morgan fingerprint density at radius 1 is 1.33 bits per heavy atom. The van der Waals surface area contributed by atoms with Crippen molar-refractivity contribution in [2.75, 3.05) is 24.3 Å². The number of nitrogen functional groups attached to an aromatic ring is 1. The number of alkyl halides is 1. The van der Waals surface area contributed by atoms with Gasteiger partial charge in [0.15, 0.2) is 0 Å². The molecule has 0 radical (unpaired) electrons. The van der Waals surface area contributed by atoms with Crippen molar-refractivity contribution in [2.45, 2.75) is 50.7 Å². The summed E-state index contributed by atoms with van der Waals surface area (Å²) < 4.78 is 16.9. The van der Waals surface area contributed by atoms with Gasteiger partial charge in [-0.3, -0.25) is 14.9 Å². The summed E-state index contributed by atoms with van der Waals surface area (Å²) in [6, 6.07) is 0.0126. The molecule has 1 unspecified atom stereocenters. The number of nitrogens with one attached hydrogen (secondary N) is 1. The first kappa shape index (κ1) is 20.7. The number of halogens is 1. The molecule has 11 heteroatoms. The molecule has 2 heterocycles. The van der Waals surface area contributed by atoms with E-state index in [1.807, 2.05) is 0 Å². The number of hydrogen-bond donors (Lipinski definition) is 3. The van der Waals surface area contributed by atoms with Gasteiger partial charge in [-0.15, -0.1) is 0 Å². The summed E-state index contributed by atoms with van der Waals surface area (Å²) in [4.78, 5) is 28.9. The van der Waals surface area contributed by atoms with E-state index >= 15 is 0 Å². The van der Waals surface area contributed by atoms with Crippen LogP contribution in [0.3, 0.4) is 0 Å². The fourth-order valence-corrected chi connectivity index (χ4v) is 3.05. The number of nitrogens with two attached hydrogens (primary N) is 2. The van der Waals surface area contributed by atoms with Gasteiger partial charge in [-0.05, 0) is 38.5 Å². The maximum atomic E-state index is 12.1. The molecule has 1 saturated heterocycles. The molecule has 1 amide bonds. The van der Waals surface area contributed by atoms with Gasteiger partial charge in [-0.25, -0.2) is 9.37 Å². The van der Waals surface area contributed by atoms with E-state index in [1.165, 1.54) is 0 Å². The monoisotopic (exact) mass is 384 g/mol. The van der Waals surface area contributed by atoms with Crippen molar-refractivity contribution in [1.29, 1.82) is 0 Å². The Hall–Kier alpha value is -2.56. The van der Waals surface area contributed by atoms with Crippen LogP contribution in [-0.2, 0) is 9.53 Å². The molecule has 0 bridgehead atoms. The molecule has 1 aliphatic heterocycles. The Morgan fingerprint density at radius 3 is 2.52 bits per heavy atom. The predicted octanol–water partition coefficient (Wildman–Crippen LogP) is 1.56. The highest BCUT2D eigenvalue weighted by molar-refractivity contribution is 5.76. The minimum atomic E-state index is -0.686. The normalized spacial score (nSPS) is 25.0. The zero-order chi connectivity index (χ0) is 19.8. The van der Waals surface area contributed by atoms with Crippen LogP contribution >= 0.6 is 0 Å². The molecule has 1 aliphatic carbocycles. The number of ether oxygens (including phenoxy) is 1. The molecule has 1 saturated carbocycles. The minimum Gasteiger partial charge on any atom is -0.378 e. The van der Waals surface area contributed by atoms with Crippen LogP contribution in [0.2, 0.25) is 0 Å². The molecule has 5 N–H and O–H groups in total. The summed E-state index contributed by atoms with van der Waals surface area (Å²) in [7, 11) is 0. The summed E-state index contributed by atoms with van der Waals surface area (Å²) in [5.41, 5.74) is 10.5. The number of aromatic nitrogens is 2. The second-order valence-corrected chi connectivity index (χ2v) is 6.63. The van der Waals surface area contributed by atoms with Gasteiger partial charge in [-0.1, -0.05) is 0 Å². The number of carbonyl (C=O) groups excluding carboxylic acids is 1. The third kappa shape index (κ3) is 6.59. The van der Waals surface area contributed by atoms with E-state index in [2.05, 4.69) is 15.3 Å². The van der Waals surface area contributed by atoms with Gasteiger partial charge in [0.05, 0.1) is 11.5 Å². The minimum absolute atomic E-state index is 0.0126. The fraction of sp³-hybridized carbons (Fsp3) is 0.688. The first-order valence-corrected chi connectivity index (χ1v) is 8.91. The molecule has 10 nitrogen and oxygen atoms in total. The molecule has 3 rings (SSSR count). The molecule has 1 atom stereocenters. The quantitative estimate of drug-likeness (QED) is 0.521. The number of carbonyl (C=O) groups is 1. The topological polar surface area (TPSA) is 159 Å². The Balaban J connectivity index is 0.000000313. The zero-order valence-electron chi connectivity index (χ0n) is 15.0. The maximum absolute atomic E-state index is 12.1. The van der Waals surface area contributed by atoms with Gasteiger partial charge in [-0.2, -0.15) is 4.98 Å². The Kier molecular flexibility index (Phi) is 7.65. The highest BCUT2D eigenvalue weighted by atomic mass is 19.1. The molecule has 150 valence electrons. The second kappa shape index (κ2) is 9.95. The smallest absolute Gasteiger partial charge is 0.329 e. The highest BCUT2D eigenvalue weighted by Crippen LogP contribution is 2.29. The van der Waals surface area contributed by atoms with Crippen molar-refractivity contribution >= 4 is 23.4 Å². The van der Waals surface area contributed by atoms with Gasteiger partial charge >= 0.3 is 5.69 Å². The highest BCUT2D eigenvalue weighted by Gasteiger charge is 2.27. The van der Waals surface area contributed by atoms with E-state index in [0.29, 0.717) is 38.7 Å². The largest absolute Gasteiger partial charge is 0.378 e. The Bertz CT molecular complexity index is 648. The summed E-state index contributed by atoms with van der Waals surface area (Å²) in [6.07, 6.45) is 4.72.